The lowest BCUT2D eigenvalue weighted by Gasteiger charge is -2.18. The summed E-state index contributed by atoms with van der Waals surface area (Å²) >= 11 is 0. The lowest BCUT2D eigenvalue weighted by molar-refractivity contribution is -0.763. The van der Waals surface area contributed by atoms with Gasteiger partial charge in [-0.15, -0.1) is 15.2 Å². The molecule has 0 aliphatic heterocycles. The van der Waals surface area contributed by atoms with Gasteiger partial charge in [-0.25, -0.2) is 25.2 Å². The van der Waals surface area contributed by atoms with Crippen molar-refractivity contribution < 1.29 is 47.7 Å². The Morgan fingerprint density at radius 2 is 1.70 bits per heavy atom. The van der Waals surface area contributed by atoms with Crippen molar-refractivity contribution >= 4 is 18.0 Å². The van der Waals surface area contributed by atoms with Crippen molar-refractivity contribution in [2.75, 3.05) is 6.73 Å². The Hall–Kier alpha value is -6.99. The molecular formula is C38H41N7O12. The summed E-state index contributed by atoms with van der Waals surface area (Å²) in [6.45, 7) is 5.63. The number of imidazole rings is 1. The summed E-state index contributed by atoms with van der Waals surface area (Å²) in [4.78, 5) is 56.7. The molecule has 3 aromatic carbocycles. The minimum absolute atomic E-state index is 0.0245. The van der Waals surface area contributed by atoms with E-state index in [1.807, 2.05) is 43.3 Å². The first-order chi connectivity index (χ1) is 27.1. The highest BCUT2D eigenvalue weighted by atomic mass is 16.9. The van der Waals surface area contributed by atoms with Gasteiger partial charge in [-0.05, 0) is 61.6 Å². The maximum atomic E-state index is 13.6. The number of hydrogen-bond acceptors (Lipinski definition) is 16. The first-order valence-electron chi connectivity index (χ1n) is 17.5. The molecule has 0 amide bonds. The Labute approximate surface area is 325 Å². The third kappa shape index (κ3) is 10.8. The number of aromatic nitrogens is 2. The maximum Gasteiger partial charge on any atom is 0.519 e. The number of amidine groups is 1. The number of carbonyl (C=O) groups is 2. The lowest BCUT2D eigenvalue weighted by Crippen LogP contribution is -2.33. The van der Waals surface area contributed by atoms with Gasteiger partial charge in [0.15, 0.2) is 36.4 Å². The van der Waals surface area contributed by atoms with Crippen LogP contribution in [0.4, 0.5) is 4.79 Å². The van der Waals surface area contributed by atoms with E-state index >= 15 is 0 Å². The summed E-state index contributed by atoms with van der Waals surface area (Å²) in [5, 5.41) is 25.4. The first-order valence-corrected chi connectivity index (χ1v) is 17.5. The van der Waals surface area contributed by atoms with E-state index in [1.54, 1.807) is 16.7 Å². The molecule has 19 heteroatoms. The molecule has 19 nitrogen and oxygen atoms in total. The number of hydrazone groups is 1. The minimum atomic E-state index is -1.49. The third-order valence-corrected chi connectivity index (χ3v) is 8.28. The van der Waals surface area contributed by atoms with E-state index in [4.69, 9.17) is 34.6 Å². The van der Waals surface area contributed by atoms with Crippen molar-refractivity contribution in [3.05, 3.63) is 139 Å². The van der Waals surface area contributed by atoms with E-state index in [0.717, 1.165) is 21.8 Å². The van der Waals surface area contributed by atoms with Crippen LogP contribution in [0.5, 0.6) is 5.75 Å². The van der Waals surface area contributed by atoms with Gasteiger partial charge >= 0.3 is 17.9 Å². The summed E-state index contributed by atoms with van der Waals surface area (Å²) in [5.74, 6) is 5.25. The number of rotatable bonds is 17. The molecule has 0 saturated carbocycles. The Bertz CT molecular complexity index is 2290. The molecular weight excluding hydrogens is 746 g/mol. The molecule has 0 atom stereocenters. The second kappa shape index (κ2) is 18.1. The average Bonchev–Trinajstić information content (AvgIpc) is 3.70. The molecule has 300 valence electrons. The van der Waals surface area contributed by atoms with Crippen LogP contribution in [0.3, 0.4) is 0 Å². The molecule has 0 unspecified atom stereocenters. The fourth-order valence-corrected chi connectivity index (χ4v) is 5.60. The monoisotopic (exact) mass is 787 g/mol. The molecule has 2 heterocycles. The van der Waals surface area contributed by atoms with Crippen LogP contribution >= 0.6 is 0 Å². The maximum absolute atomic E-state index is 13.6. The fourth-order valence-electron chi connectivity index (χ4n) is 5.60. The first kappa shape index (κ1) is 41.2. The molecule has 0 radical (unpaired) electrons. The highest BCUT2D eigenvalue weighted by molar-refractivity contribution is 6.03. The zero-order valence-corrected chi connectivity index (χ0v) is 31.5. The van der Waals surface area contributed by atoms with Gasteiger partial charge in [0, 0.05) is 18.5 Å². The molecule has 5 aromatic rings. The van der Waals surface area contributed by atoms with Crippen LogP contribution in [-0.4, -0.2) is 49.6 Å². The summed E-state index contributed by atoms with van der Waals surface area (Å²) in [6, 6.07) is 20.5. The zero-order chi connectivity index (χ0) is 41.3. The predicted molar refractivity (Wildman–Crippen MR) is 200 cm³/mol. The molecule has 57 heavy (non-hydrogen) atoms. The van der Waals surface area contributed by atoms with Crippen LogP contribution in [0, 0.1) is 17.0 Å². The smallest absolute Gasteiger partial charge is 0.453 e. The van der Waals surface area contributed by atoms with Gasteiger partial charge in [0.05, 0.1) is 0 Å². The van der Waals surface area contributed by atoms with Gasteiger partial charge in [0.2, 0.25) is 0 Å². The van der Waals surface area contributed by atoms with Gasteiger partial charge < -0.3 is 43.3 Å². The van der Waals surface area contributed by atoms with E-state index in [0.29, 0.717) is 29.8 Å². The molecule has 5 N–H and O–H groups in total. The van der Waals surface area contributed by atoms with E-state index in [9.17, 15) is 29.6 Å². The number of aliphatic hydroxyl groups is 1. The van der Waals surface area contributed by atoms with Crippen molar-refractivity contribution in [1.29, 1.82) is 0 Å². The van der Waals surface area contributed by atoms with Crippen LogP contribution < -0.4 is 22.1 Å². The molecule has 5 rings (SSSR count). The normalized spacial score (nSPS) is 11.6. The number of hydrogen-bond donors (Lipinski definition) is 3. The summed E-state index contributed by atoms with van der Waals surface area (Å²) in [7, 11) is 0. The van der Waals surface area contributed by atoms with E-state index < -0.39 is 35.4 Å². The predicted octanol–water partition coefficient (Wildman–Crippen LogP) is 4.67. The SMILES string of the molecule is CCCc1nc(C(C)(C)O)c(C(=O)OCc2oc(=O)oc2C)n1Cc1ccc(-c2ccccc2/C(N)=N/N(N)COC(=O)Oc2ccc(CO[N+](=O)[O-])cc2)cc1. The lowest BCUT2D eigenvalue weighted by atomic mass is 9.98. The number of aryl methyl sites for hydroxylation is 2. The van der Waals surface area contributed by atoms with Crippen LogP contribution in [0.2, 0.25) is 0 Å². The minimum Gasteiger partial charge on any atom is -0.453 e. The molecule has 0 bridgehead atoms. The number of carbonyl (C=O) groups excluding carboxylic acids is 2. The number of benzene rings is 3. The number of nitrogens with two attached hydrogens (primary N) is 2. The average molecular weight is 788 g/mol. The Kier molecular flexibility index (Phi) is 13.1. The topological polar surface area (TPSA) is 263 Å². The summed E-state index contributed by atoms with van der Waals surface area (Å²) in [6.07, 6.45) is 0.151. The van der Waals surface area contributed by atoms with E-state index in [2.05, 4.69) is 14.9 Å². The van der Waals surface area contributed by atoms with Crippen LogP contribution in [0.15, 0.2) is 91.5 Å². The molecule has 0 aliphatic carbocycles. The van der Waals surface area contributed by atoms with Crippen LogP contribution in [0.1, 0.15) is 77.4 Å². The Morgan fingerprint density at radius 1 is 1.02 bits per heavy atom. The molecule has 2 aromatic heterocycles. The fraction of sp³-hybridized carbons (Fsp3) is 0.289. The highest BCUT2D eigenvalue weighted by Gasteiger charge is 2.33. The zero-order valence-electron chi connectivity index (χ0n) is 31.5. The van der Waals surface area contributed by atoms with E-state index in [1.165, 1.54) is 45.0 Å². The van der Waals surface area contributed by atoms with Gasteiger partial charge in [0.1, 0.15) is 29.5 Å². The summed E-state index contributed by atoms with van der Waals surface area (Å²) in [5.41, 5.74) is 8.40. The summed E-state index contributed by atoms with van der Waals surface area (Å²) < 4.78 is 27.2. The van der Waals surface area contributed by atoms with Gasteiger partial charge in [-0.1, -0.05) is 67.6 Å². The number of nitrogens with zero attached hydrogens (tertiary/aromatic N) is 5. The van der Waals surface area contributed by atoms with Crippen LogP contribution in [-0.2, 0) is 46.1 Å². The quantitative estimate of drug-likeness (QED) is 0.0169. The second-order valence-corrected chi connectivity index (χ2v) is 13.1. The number of hydrazine groups is 1. The van der Waals surface area contributed by atoms with Crippen molar-refractivity contribution in [2.45, 2.75) is 65.9 Å². The third-order valence-electron chi connectivity index (χ3n) is 8.28. The van der Waals surface area contributed by atoms with Gasteiger partial charge in [-0.3, -0.25) is 0 Å². The Balaban J connectivity index is 1.29. The van der Waals surface area contributed by atoms with Crippen molar-refractivity contribution in [3.8, 4) is 16.9 Å². The largest absolute Gasteiger partial charge is 0.519 e. The second-order valence-electron chi connectivity index (χ2n) is 13.1. The number of ether oxygens (including phenoxy) is 3. The van der Waals surface area contributed by atoms with Gasteiger partial charge in [-0.2, -0.15) is 5.12 Å². The van der Waals surface area contributed by atoms with Crippen molar-refractivity contribution in [1.82, 2.24) is 14.7 Å². The van der Waals surface area contributed by atoms with Crippen molar-refractivity contribution in [3.63, 3.8) is 0 Å². The molecule has 0 aliphatic rings. The molecule has 0 spiro atoms. The molecule has 0 saturated heterocycles. The highest BCUT2D eigenvalue weighted by Crippen LogP contribution is 2.29. The van der Waals surface area contributed by atoms with Crippen molar-refractivity contribution in [2.24, 2.45) is 16.7 Å². The standard InChI is InChI=1S/C38H41N7O12/c1-5-8-31-41-33(38(3,4)49)32(35(46)52-21-30-23(2)55-37(48)57-30)43(31)19-24-11-15-26(16-12-24)28-9-6-7-10-29(28)34(39)42-44(40)22-53-36(47)56-27-17-13-25(14-18-27)20-54-45(50)51/h6-7,9-18,49H,5,8,19-22,40H2,1-4H3,(H2,39,42). The number of esters is 1. The van der Waals surface area contributed by atoms with E-state index in [-0.39, 0.29) is 54.3 Å². The van der Waals surface area contributed by atoms with Crippen LogP contribution in [0.25, 0.3) is 11.1 Å². The Morgan fingerprint density at radius 3 is 2.33 bits per heavy atom. The molecule has 0 fully saturated rings. The van der Waals surface area contributed by atoms with Gasteiger partial charge in [0.25, 0.3) is 5.09 Å².